The van der Waals surface area contributed by atoms with E-state index in [0.717, 1.165) is 69.6 Å². The van der Waals surface area contributed by atoms with Crippen molar-refractivity contribution in [2.24, 2.45) is 0 Å². The summed E-state index contributed by atoms with van der Waals surface area (Å²) >= 11 is 0. The van der Waals surface area contributed by atoms with Gasteiger partial charge in [-0.15, -0.1) is 0 Å². The van der Waals surface area contributed by atoms with Gasteiger partial charge in [0.1, 0.15) is 18.2 Å². The Bertz CT molecular complexity index is 2260. The summed E-state index contributed by atoms with van der Waals surface area (Å²) in [7, 11) is 1.81. The molecule has 9 rings (SSSR count). The Hall–Kier alpha value is -4.89. The number of amides is 1. The number of halogens is 1. The highest BCUT2D eigenvalue weighted by atomic mass is 19.1. The van der Waals surface area contributed by atoms with E-state index < -0.39 is 6.10 Å². The first-order valence-corrected chi connectivity index (χ1v) is 16.1. The lowest BCUT2D eigenvalue weighted by molar-refractivity contribution is -0.130. The van der Waals surface area contributed by atoms with Gasteiger partial charge in [-0.25, -0.2) is 9.37 Å². The molecule has 4 heterocycles. The third-order valence-electron chi connectivity index (χ3n) is 10.5. The minimum absolute atomic E-state index is 0.0272. The first-order valence-electron chi connectivity index (χ1n) is 16.1. The first kappa shape index (κ1) is 27.4. The molecule has 0 fully saturated rings. The molecule has 0 spiro atoms. The van der Waals surface area contributed by atoms with E-state index in [1.165, 1.54) is 11.1 Å². The van der Waals surface area contributed by atoms with Crippen LogP contribution in [-0.4, -0.2) is 55.4 Å². The largest absolute Gasteiger partial charge is 0.392 e. The number of hydrogen-bond acceptors (Lipinski definition) is 6. The van der Waals surface area contributed by atoms with Crippen molar-refractivity contribution in [2.45, 2.75) is 57.1 Å². The highest BCUT2D eigenvalue weighted by Crippen LogP contribution is 2.54. The number of nitrogens with one attached hydrogen (secondary N) is 1. The van der Waals surface area contributed by atoms with Crippen LogP contribution in [0.15, 0.2) is 60.9 Å². The third-order valence-corrected chi connectivity index (χ3v) is 10.5. The van der Waals surface area contributed by atoms with Crippen LogP contribution in [0.2, 0.25) is 0 Å². The van der Waals surface area contributed by atoms with Gasteiger partial charge in [0.2, 0.25) is 5.91 Å². The number of aliphatic hydroxyl groups excluding tert-OH is 1. The highest BCUT2D eigenvalue weighted by Gasteiger charge is 2.40. The number of aromatic nitrogens is 4. The molecule has 3 atom stereocenters. The highest BCUT2D eigenvalue weighted by molar-refractivity contribution is 6.16. The van der Waals surface area contributed by atoms with Gasteiger partial charge in [-0.3, -0.25) is 14.5 Å². The summed E-state index contributed by atoms with van der Waals surface area (Å²) in [5, 5.41) is 24.4. The van der Waals surface area contributed by atoms with Gasteiger partial charge in [0.15, 0.2) is 5.82 Å². The zero-order valence-corrected chi connectivity index (χ0v) is 25.7. The normalized spacial score (nSPS) is 20.7. The second-order valence-corrected chi connectivity index (χ2v) is 13.1. The molecule has 2 aliphatic carbocycles. The number of rotatable bonds is 3. The molecular formula is C37H33FN6O2. The molecule has 2 N–H and O–H groups in total. The Labute approximate surface area is 264 Å². The van der Waals surface area contributed by atoms with Gasteiger partial charge < -0.3 is 15.3 Å². The van der Waals surface area contributed by atoms with E-state index in [-0.39, 0.29) is 30.1 Å². The van der Waals surface area contributed by atoms with Gasteiger partial charge in [-0.1, -0.05) is 25.1 Å². The van der Waals surface area contributed by atoms with E-state index in [0.29, 0.717) is 29.1 Å². The summed E-state index contributed by atoms with van der Waals surface area (Å²) < 4.78 is 18.1. The molecule has 1 amide bonds. The van der Waals surface area contributed by atoms with Crippen molar-refractivity contribution in [3.63, 3.8) is 0 Å². The molecule has 0 radical (unpaired) electrons. The molecule has 0 unspecified atom stereocenters. The average Bonchev–Trinajstić information content (AvgIpc) is 3.38. The maximum absolute atomic E-state index is 16.3. The zero-order valence-electron chi connectivity index (χ0n) is 25.7. The molecular weight excluding hydrogens is 579 g/mol. The Morgan fingerprint density at radius 3 is 2.78 bits per heavy atom. The fourth-order valence-corrected chi connectivity index (χ4v) is 8.21. The van der Waals surface area contributed by atoms with Crippen molar-refractivity contribution in [1.82, 2.24) is 24.6 Å². The van der Waals surface area contributed by atoms with Gasteiger partial charge in [-0.05, 0) is 76.4 Å². The molecule has 46 heavy (non-hydrogen) atoms. The van der Waals surface area contributed by atoms with E-state index in [4.69, 9.17) is 4.98 Å². The van der Waals surface area contributed by atoms with Crippen LogP contribution in [0, 0.1) is 5.82 Å². The monoisotopic (exact) mass is 612 g/mol. The predicted octanol–water partition coefficient (Wildman–Crippen LogP) is 6.59. The molecule has 6 aromatic rings. The van der Waals surface area contributed by atoms with Crippen molar-refractivity contribution in [1.29, 1.82) is 0 Å². The van der Waals surface area contributed by atoms with E-state index in [1.54, 1.807) is 28.0 Å². The topological polar surface area (TPSA) is 96.2 Å². The van der Waals surface area contributed by atoms with Crippen LogP contribution in [0.1, 0.15) is 54.0 Å². The Morgan fingerprint density at radius 1 is 1.00 bits per heavy atom. The maximum Gasteiger partial charge on any atom is 0.244 e. The van der Waals surface area contributed by atoms with Gasteiger partial charge in [0.05, 0.1) is 11.6 Å². The van der Waals surface area contributed by atoms with Crippen molar-refractivity contribution in [3.05, 3.63) is 89.1 Å². The number of anilines is 2. The molecule has 230 valence electrons. The van der Waals surface area contributed by atoms with Crippen LogP contribution < -0.4 is 5.32 Å². The van der Waals surface area contributed by atoms with Crippen LogP contribution in [0.5, 0.6) is 0 Å². The number of hydrogen-bond donors (Lipinski definition) is 2. The summed E-state index contributed by atoms with van der Waals surface area (Å²) in [6, 6.07) is 15.7. The van der Waals surface area contributed by atoms with E-state index in [9.17, 15) is 9.90 Å². The van der Waals surface area contributed by atoms with Crippen LogP contribution in [0.25, 0.3) is 43.6 Å². The number of aliphatic hydroxyl groups is 1. The molecule has 3 aliphatic rings. The summed E-state index contributed by atoms with van der Waals surface area (Å²) in [5.41, 5.74) is 6.45. The van der Waals surface area contributed by atoms with Gasteiger partial charge >= 0.3 is 0 Å². The molecule has 0 bridgehead atoms. The number of benzene rings is 3. The minimum Gasteiger partial charge on any atom is -0.392 e. The van der Waals surface area contributed by atoms with Crippen molar-refractivity contribution in [3.8, 4) is 11.1 Å². The number of carbonyl (C=O) groups excluding carboxylic acids is 1. The summed E-state index contributed by atoms with van der Waals surface area (Å²) in [4.78, 5) is 23.5. The SMILES string of the molecule is C[C@H]1c2c(-c3cc4cc(Nc5cc6n(n5)CC(=O)N(C)CC6)ncc4cc3F)c3ncccc3c3ccc4c(c23)[C@H](CCC4)[C@H]1O. The summed E-state index contributed by atoms with van der Waals surface area (Å²) in [6.45, 7) is 2.92. The first-order chi connectivity index (χ1) is 22.4. The Morgan fingerprint density at radius 2 is 1.89 bits per heavy atom. The number of aryl methyl sites for hydroxylation is 1. The zero-order chi connectivity index (χ0) is 31.3. The third kappa shape index (κ3) is 4.00. The molecule has 8 nitrogen and oxygen atoms in total. The lowest BCUT2D eigenvalue weighted by atomic mass is 9.66. The second kappa shape index (κ2) is 10.1. The average molecular weight is 613 g/mol. The maximum atomic E-state index is 16.3. The minimum atomic E-state index is -0.554. The summed E-state index contributed by atoms with van der Waals surface area (Å²) in [5.74, 6) is 0.749. The van der Waals surface area contributed by atoms with E-state index in [1.807, 2.05) is 31.3 Å². The van der Waals surface area contributed by atoms with Crippen LogP contribution >= 0.6 is 0 Å². The molecule has 9 heteroatoms. The van der Waals surface area contributed by atoms with Crippen LogP contribution in [-0.2, 0) is 24.2 Å². The number of likely N-dealkylation sites (N-methyl/N-ethyl adjacent to an activating group) is 1. The van der Waals surface area contributed by atoms with Gasteiger partial charge in [-0.2, -0.15) is 5.10 Å². The fraction of sp³-hybridized carbons (Fsp3) is 0.297. The summed E-state index contributed by atoms with van der Waals surface area (Å²) in [6.07, 6.45) is 6.60. The van der Waals surface area contributed by atoms with E-state index in [2.05, 4.69) is 40.5 Å². The van der Waals surface area contributed by atoms with Crippen LogP contribution in [0.4, 0.5) is 16.0 Å². The molecule has 0 saturated heterocycles. The molecule has 3 aromatic heterocycles. The van der Waals surface area contributed by atoms with Crippen LogP contribution in [0.3, 0.4) is 0 Å². The predicted molar refractivity (Wildman–Crippen MR) is 177 cm³/mol. The lowest BCUT2D eigenvalue weighted by Crippen LogP contribution is -2.32. The van der Waals surface area contributed by atoms with Gasteiger partial charge in [0.25, 0.3) is 0 Å². The number of pyridine rings is 2. The van der Waals surface area contributed by atoms with Gasteiger partial charge in [0, 0.05) is 77.9 Å². The fourth-order valence-electron chi connectivity index (χ4n) is 8.21. The Balaban J connectivity index is 1.22. The second-order valence-electron chi connectivity index (χ2n) is 13.1. The lowest BCUT2D eigenvalue weighted by Gasteiger charge is -2.40. The Kier molecular flexibility index (Phi) is 5.99. The van der Waals surface area contributed by atoms with Crippen molar-refractivity contribution < 1.29 is 14.3 Å². The smallest absolute Gasteiger partial charge is 0.244 e. The standard InChI is InChI=1S/C37H33FN6O2/c1-19-32-34-24(9-8-20-5-3-6-26(33(20)34)37(19)46)25-7-4-11-39-36(25)35(32)27-13-21-15-29(40-17-22(21)14-28(27)38)41-30-16-23-10-12-43(2)31(45)18-44(23)42-30/h4,7-9,11,13-17,19,26,37,46H,3,5-6,10,12,18H2,1-2H3,(H,40,41,42)/t19-,26-,37-/m0/s1. The van der Waals surface area contributed by atoms with E-state index >= 15 is 4.39 Å². The number of carbonyl (C=O) groups is 1. The number of nitrogens with zero attached hydrogens (tertiary/aromatic N) is 5. The van der Waals surface area contributed by atoms with Crippen molar-refractivity contribution in [2.75, 3.05) is 18.9 Å². The quantitative estimate of drug-likeness (QED) is 0.219. The molecule has 3 aromatic carbocycles. The molecule has 0 saturated carbocycles. The number of fused-ring (bicyclic) bond motifs is 4. The van der Waals surface area contributed by atoms with Crippen molar-refractivity contribution >= 4 is 50.0 Å². The molecule has 1 aliphatic heterocycles.